The Kier molecular flexibility index (Phi) is 1.99. The van der Waals surface area contributed by atoms with Crippen LogP contribution in [0.4, 0.5) is 0 Å². The second-order valence-corrected chi connectivity index (χ2v) is 5.00. The van der Waals surface area contributed by atoms with Gasteiger partial charge in [0.2, 0.25) is 0 Å². The zero-order chi connectivity index (χ0) is 13.0. The van der Waals surface area contributed by atoms with Gasteiger partial charge in [-0.25, -0.2) is 4.98 Å². The van der Waals surface area contributed by atoms with Crippen LogP contribution in [0.25, 0.3) is 27.3 Å². The van der Waals surface area contributed by atoms with Crippen molar-refractivity contribution in [3.63, 3.8) is 0 Å². The molecule has 0 spiro atoms. The molecule has 2 aromatic heterocycles. The highest BCUT2D eigenvalue weighted by Crippen LogP contribution is 2.30. The zero-order valence-electron chi connectivity index (χ0n) is 11.0. The van der Waals surface area contributed by atoms with Crippen molar-refractivity contribution in [2.45, 2.75) is 13.8 Å². The fraction of sp³-hybridized carbons (Fsp3) is 0.118. The predicted molar refractivity (Wildman–Crippen MR) is 79.7 cm³/mol. The third-order valence-electron chi connectivity index (χ3n) is 3.95. The van der Waals surface area contributed by atoms with Crippen molar-refractivity contribution < 1.29 is 0 Å². The molecule has 0 unspecified atom stereocenters. The minimum Gasteiger partial charge on any atom is -0.296 e. The van der Waals surface area contributed by atoms with Crippen molar-refractivity contribution in [1.82, 2.24) is 9.38 Å². The summed E-state index contributed by atoms with van der Waals surface area (Å²) in [5.41, 5.74) is 4.61. The lowest BCUT2D eigenvalue weighted by molar-refractivity contribution is 1.14. The van der Waals surface area contributed by atoms with E-state index < -0.39 is 0 Å². The molecular formula is C17H14N2. The van der Waals surface area contributed by atoms with Gasteiger partial charge in [0, 0.05) is 16.5 Å². The molecule has 0 fully saturated rings. The average Bonchev–Trinajstić information content (AvgIpc) is 2.76. The monoisotopic (exact) mass is 246 g/mol. The van der Waals surface area contributed by atoms with Gasteiger partial charge in [-0.2, -0.15) is 0 Å². The number of hydrogen-bond acceptors (Lipinski definition) is 1. The van der Waals surface area contributed by atoms with Crippen LogP contribution in [-0.4, -0.2) is 9.38 Å². The molecule has 0 bridgehead atoms. The van der Waals surface area contributed by atoms with E-state index in [0.29, 0.717) is 0 Å². The number of benzene rings is 2. The Morgan fingerprint density at radius 2 is 1.42 bits per heavy atom. The number of aromatic nitrogens is 2. The van der Waals surface area contributed by atoms with E-state index in [-0.39, 0.29) is 0 Å². The van der Waals surface area contributed by atoms with Crippen LogP contribution in [0.15, 0.2) is 48.5 Å². The van der Waals surface area contributed by atoms with Crippen molar-refractivity contribution in [3.05, 3.63) is 59.9 Å². The van der Waals surface area contributed by atoms with Crippen molar-refractivity contribution in [3.8, 4) is 0 Å². The van der Waals surface area contributed by atoms with Crippen LogP contribution in [0.5, 0.6) is 0 Å². The molecule has 0 saturated heterocycles. The summed E-state index contributed by atoms with van der Waals surface area (Å²) in [6, 6.07) is 17.0. The minimum absolute atomic E-state index is 1.06. The minimum atomic E-state index is 1.06. The van der Waals surface area contributed by atoms with Gasteiger partial charge in [-0.15, -0.1) is 0 Å². The Labute approximate surface area is 111 Å². The van der Waals surface area contributed by atoms with E-state index in [1.807, 2.05) is 0 Å². The number of hydrogen-bond donors (Lipinski definition) is 0. The first-order valence-electron chi connectivity index (χ1n) is 6.52. The lowest BCUT2D eigenvalue weighted by Gasteiger charge is -2.08. The summed E-state index contributed by atoms with van der Waals surface area (Å²) in [5.74, 6) is 0. The Hall–Kier alpha value is -2.35. The number of nitrogens with zero attached hydrogens (tertiary/aromatic N) is 2. The van der Waals surface area contributed by atoms with Gasteiger partial charge in [0.05, 0.1) is 11.2 Å². The molecule has 2 nitrogen and oxygen atoms in total. The molecule has 0 atom stereocenters. The Balaban J connectivity index is 2.47. The van der Waals surface area contributed by atoms with Gasteiger partial charge in [-0.05, 0) is 25.3 Å². The third kappa shape index (κ3) is 1.28. The van der Waals surface area contributed by atoms with Crippen LogP contribution < -0.4 is 0 Å². The number of imidazole rings is 1. The average molecular weight is 246 g/mol. The second-order valence-electron chi connectivity index (χ2n) is 5.00. The lowest BCUT2D eigenvalue weighted by atomic mass is 10.1. The van der Waals surface area contributed by atoms with E-state index in [0.717, 1.165) is 11.3 Å². The fourth-order valence-corrected chi connectivity index (χ4v) is 2.90. The highest BCUT2D eigenvalue weighted by atomic mass is 15.0. The van der Waals surface area contributed by atoms with Gasteiger partial charge in [-0.1, -0.05) is 42.5 Å². The number of para-hydroxylation sites is 1. The summed E-state index contributed by atoms with van der Waals surface area (Å²) in [7, 11) is 0. The first-order valence-corrected chi connectivity index (χ1v) is 6.52. The zero-order valence-corrected chi connectivity index (χ0v) is 11.0. The Morgan fingerprint density at radius 1 is 0.789 bits per heavy atom. The van der Waals surface area contributed by atoms with E-state index in [1.165, 1.54) is 27.4 Å². The van der Waals surface area contributed by atoms with Crippen molar-refractivity contribution in [2.24, 2.45) is 0 Å². The van der Waals surface area contributed by atoms with Gasteiger partial charge in [-0.3, -0.25) is 4.40 Å². The predicted octanol–water partition coefficient (Wildman–Crippen LogP) is 4.26. The van der Waals surface area contributed by atoms with Crippen LogP contribution in [0, 0.1) is 13.8 Å². The maximum absolute atomic E-state index is 4.75. The molecule has 0 amide bonds. The van der Waals surface area contributed by atoms with Gasteiger partial charge in [0.15, 0.2) is 0 Å². The van der Waals surface area contributed by atoms with Crippen molar-refractivity contribution >= 4 is 27.3 Å². The normalized spacial score (nSPS) is 11.7. The van der Waals surface area contributed by atoms with E-state index in [1.54, 1.807) is 0 Å². The van der Waals surface area contributed by atoms with E-state index in [4.69, 9.17) is 4.98 Å². The van der Waals surface area contributed by atoms with E-state index in [9.17, 15) is 0 Å². The number of rotatable bonds is 0. The van der Waals surface area contributed by atoms with Crippen LogP contribution in [0.1, 0.15) is 11.4 Å². The molecule has 0 aliphatic carbocycles. The molecule has 4 rings (SSSR count). The molecule has 4 aromatic rings. The van der Waals surface area contributed by atoms with Crippen LogP contribution in [-0.2, 0) is 0 Å². The summed E-state index contributed by atoms with van der Waals surface area (Å²) >= 11 is 0. The SMILES string of the molecule is Cc1nc2c3ccccc3c3ccccc3n2c1C. The first-order chi connectivity index (χ1) is 9.27. The van der Waals surface area contributed by atoms with Crippen LogP contribution in [0.3, 0.4) is 0 Å². The molecule has 0 saturated carbocycles. The molecule has 2 heteroatoms. The largest absolute Gasteiger partial charge is 0.296 e. The molecule has 0 radical (unpaired) electrons. The molecule has 2 aromatic carbocycles. The van der Waals surface area contributed by atoms with E-state index >= 15 is 0 Å². The molecular weight excluding hydrogens is 232 g/mol. The maximum atomic E-state index is 4.75. The van der Waals surface area contributed by atoms with Gasteiger partial charge >= 0.3 is 0 Å². The van der Waals surface area contributed by atoms with Gasteiger partial charge in [0.25, 0.3) is 0 Å². The van der Waals surface area contributed by atoms with Crippen LogP contribution in [0.2, 0.25) is 0 Å². The molecule has 0 aliphatic rings. The quantitative estimate of drug-likeness (QED) is 0.424. The third-order valence-corrected chi connectivity index (χ3v) is 3.95. The molecule has 92 valence electrons. The summed E-state index contributed by atoms with van der Waals surface area (Å²) in [5, 5.41) is 3.78. The Morgan fingerprint density at radius 3 is 2.21 bits per heavy atom. The van der Waals surface area contributed by atoms with Crippen molar-refractivity contribution in [1.29, 1.82) is 0 Å². The van der Waals surface area contributed by atoms with Gasteiger partial charge < -0.3 is 0 Å². The van der Waals surface area contributed by atoms with E-state index in [2.05, 4.69) is 66.8 Å². The molecule has 0 N–H and O–H groups in total. The lowest BCUT2D eigenvalue weighted by Crippen LogP contribution is -1.92. The molecule has 19 heavy (non-hydrogen) atoms. The summed E-state index contributed by atoms with van der Waals surface area (Å²) in [4.78, 5) is 4.75. The number of aryl methyl sites for hydroxylation is 2. The number of pyridine rings is 1. The topological polar surface area (TPSA) is 17.3 Å². The first kappa shape index (κ1) is 10.6. The highest BCUT2D eigenvalue weighted by Gasteiger charge is 2.12. The maximum Gasteiger partial charge on any atom is 0.145 e. The van der Waals surface area contributed by atoms with Crippen molar-refractivity contribution in [2.75, 3.05) is 0 Å². The smallest absolute Gasteiger partial charge is 0.145 e. The Bertz CT molecular complexity index is 932. The summed E-state index contributed by atoms with van der Waals surface area (Å²) < 4.78 is 2.27. The molecule has 0 aliphatic heterocycles. The van der Waals surface area contributed by atoms with Gasteiger partial charge in [0.1, 0.15) is 5.65 Å². The number of fused-ring (bicyclic) bond motifs is 6. The summed E-state index contributed by atoms with van der Waals surface area (Å²) in [6.45, 7) is 4.21. The van der Waals surface area contributed by atoms with Crippen LogP contribution >= 0.6 is 0 Å². The fourth-order valence-electron chi connectivity index (χ4n) is 2.90. The molecule has 2 heterocycles. The highest BCUT2D eigenvalue weighted by molar-refractivity contribution is 6.11. The second kappa shape index (κ2) is 3.58. The summed E-state index contributed by atoms with van der Waals surface area (Å²) in [6.07, 6.45) is 0. The standard InChI is InChI=1S/C17H14N2/c1-11-12(2)19-16-10-6-5-8-14(16)13-7-3-4-9-15(13)17(19)18-11/h3-10H,1-2H3.